The predicted molar refractivity (Wildman–Crippen MR) is 92.7 cm³/mol. The molecule has 7 heteroatoms. The largest absolute Gasteiger partial charge is 0.351 e. The molecular weight excluding hydrogens is 343 g/mol. The van der Waals surface area contributed by atoms with Crippen molar-refractivity contribution < 1.29 is 9.18 Å². The molecule has 3 aliphatic rings. The van der Waals surface area contributed by atoms with E-state index in [9.17, 15) is 9.18 Å². The van der Waals surface area contributed by atoms with Crippen LogP contribution in [0.25, 0.3) is 0 Å². The Bertz CT molecular complexity index is 788. The molecule has 0 spiro atoms. The van der Waals surface area contributed by atoms with Crippen molar-refractivity contribution in [3.63, 3.8) is 0 Å². The van der Waals surface area contributed by atoms with Gasteiger partial charge in [-0.15, -0.1) is 0 Å². The van der Waals surface area contributed by atoms with Gasteiger partial charge >= 0.3 is 0 Å². The average Bonchev–Trinajstić information content (AvgIpc) is 2.88. The number of fused-ring (bicyclic) bond motifs is 4. The Balaban J connectivity index is 1.60. The Morgan fingerprint density at radius 1 is 1.24 bits per heavy atom. The monoisotopic (exact) mass is 360 g/mol. The molecule has 0 saturated carbocycles. The van der Waals surface area contributed by atoms with E-state index in [1.165, 1.54) is 12.3 Å². The van der Waals surface area contributed by atoms with Crippen LogP contribution in [0.2, 0.25) is 5.02 Å². The average molecular weight is 361 g/mol. The predicted octanol–water partition coefficient (Wildman–Crippen LogP) is 2.90. The van der Waals surface area contributed by atoms with Crippen molar-refractivity contribution in [1.29, 1.82) is 0 Å². The van der Waals surface area contributed by atoms with Crippen LogP contribution >= 0.6 is 11.6 Å². The van der Waals surface area contributed by atoms with Gasteiger partial charge in [0.25, 0.3) is 0 Å². The molecule has 2 aromatic heterocycles. The lowest BCUT2D eigenvalue weighted by molar-refractivity contribution is -0.140. The van der Waals surface area contributed by atoms with Gasteiger partial charge in [-0.25, -0.2) is 9.37 Å². The molecule has 0 radical (unpaired) electrons. The van der Waals surface area contributed by atoms with E-state index >= 15 is 0 Å². The fourth-order valence-corrected chi connectivity index (χ4v) is 3.87. The summed E-state index contributed by atoms with van der Waals surface area (Å²) >= 11 is 5.80. The summed E-state index contributed by atoms with van der Waals surface area (Å²) in [6, 6.07) is 7.00. The van der Waals surface area contributed by atoms with Crippen molar-refractivity contribution in [2.75, 3.05) is 18.0 Å². The lowest BCUT2D eigenvalue weighted by atomic mass is 9.94. The van der Waals surface area contributed by atoms with Gasteiger partial charge < -0.3 is 9.80 Å². The minimum atomic E-state index is -0.447. The number of halogens is 2. The molecule has 0 unspecified atom stereocenters. The van der Waals surface area contributed by atoms with Gasteiger partial charge in [-0.1, -0.05) is 17.7 Å². The number of hydrogen-bond donors (Lipinski definition) is 0. The maximum absolute atomic E-state index is 14.3. The molecule has 5 rings (SSSR count). The maximum Gasteiger partial charge on any atom is 0.228 e. The highest BCUT2D eigenvalue weighted by atomic mass is 35.5. The number of pyridine rings is 2. The van der Waals surface area contributed by atoms with Crippen molar-refractivity contribution in [3.05, 3.63) is 53.2 Å². The third-order valence-electron chi connectivity index (χ3n) is 4.94. The summed E-state index contributed by atoms with van der Waals surface area (Å²) in [6.07, 6.45) is 4.91. The zero-order chi connectivity index (χ0) is 17.4. The topological polar surface area (TPSA) is 49.3 Å². The Hall–Kier alpha value is -2.21. The van der Waals surface area contributed by atoms with E-state index < -0.39 is 5.82 Å². The van der Waals surface area contributed by atoms with Crippen molar-refractivity contribution in [2.45, 2.75) is 25.4 Å². The highest BCUT2D eigenvalue weighted by Gasteiger charge is 2.41. The number of aromatic nitrogens is 2. The molecule has 3 fully saturated rings. The van der Waals surface area contributed by atoms with Gasteiger partial charge in [0, 0.05) is 31.5 Å². The zero-order valence-electron chi connectivity index (χ0n) is 13.6. The smallest absolute Gasteiger partial charge is 0.228 e. The fourth-order valence-electron chi connectivity index (χ4n) is 3.73. The first-order chi connectivity index (χ1) is 12.1. The number of rotatable bonds is 3. The Morgan fingerprint density at radius 2 is 2.12 bits per heavy atom. The van der Waals surface area contributed by atoms with Crippen molar-refractivity contribution in [2.24, 2.45) is 5.92 Å². The standard InChI is InChI=1S/C18H18ClFN4O/c19-13-7-16(20)17(22-8-13)23-9-12-4-5-15(11-23)24(18(12)25)10-14-3-1-2-6-21-14/h1-3,6-8,12,15H,4-5,9-11H2/t12-,15+/m0/s1. The second-order valence-electron chi connectivity index (χ2n) is 6.58. The Kier molecular flexibility index (Phi) is 4.29. The summed E-state index contributed by atoms with van der Waals surface area (Å²) in [5.74, 6) is -0.190. The Labute approximate surface area is 150 Å². The van der Waals surface area contributed by atoms with Crippen molar-refractivity contribution in [1.82, 2.24) is 14.9 Å². The molecule has 2 aromatic rings. The number of amides is 1. The SMILES string of the molecule is O=C1[C@H]2CC[C@H](CN(c3ncc(Cl)cc3F)C2)N1Cc1ccccn1. The van der Waals surface area contributed by atoms with Gasteiger partial charge in [-0.05, 0) is 31.0 Å². The van der Waals surface area contributed by atoms with Crippen LogP contribution in [0.15, 0.2) is 36.7 Å². The maximum atomic E-state index is 14.3. The second kappa shape index (κ2) is 6.59. The lowest BCUT2D eigenvalue weighted by Gasteiger charge is -2.35. The van der Waals surface area contributed by atoms with Crippen LogP contribution in [0.5, 0.6) is 0 Å². The summed E-state index contributed by atoms with van der Waals surface area (Å²) in [5.41, 5.74) is 0.866. The van der Waals surface area contributed by atoms with Crippen molar-refractivity contribution in [3.8, 4) is 0 Å². The second-order valence-corrected chi connectivity index (χ2v) is 7.02. The quantitative estimate of drug-likeness (QED) is 0.844. The minimum absolute atomic E-state index is 0.0325. The summed E-state index contributed by atoms with van der Waals surface area (Å²) in [5, 5.41) is 0.270. The molecule has 0 N–H and O–H groups in total. The number of carbonyl (C=O) groups is 1. The lowest BCUT2D eigenvalue weighted by Crippen LogP contribution is -2.47. The van der Waals surface area contributed by atoms with Gasteiger partial charge in [-0.3, -0.25) is 9.78 Å². The number of anilines is 1. The zero-order valence-corrected chi connectivity index (χ0v) is 14.4. The molecule has 3 aliphatic heterocycles. The molecule has 5 nitrogen and oxygen atoms in total. The first-order valence-corrected chi connectivity index (χ1v) is 8.76. The number of nitrogens with zero attached hydrogens (tertiary/aromatic N) is 4. The summed E-state index contributed by atoms with van der Waals surface area (Å²) < 4.78 is 14.3. The van der Waals surface area contributed by atoms with Crippen LogP contribution in [0.1, 0.15) is 18.5 Å². The number of hydrogen-bond acceptors (Lipinski definition) is 4. The molecule has 130 valence electrons. The molecule has 0 aromatic carbocycles. The van der Waals surface area contributed by atoms with E-state index in [0.717, 1.165) is 18.5 Å². The first kappa shape index (κ1) is 16.3. The highest BCUT2D eigenvalue weighted by molar-refractivity contribution is 6.30. The number of carbonyl (C=O) groups excluding carboxylic acids is 1. The van der Waals surface area contributed by atoms with Gasteiger partial charge in [0.05, 0.1) is 23.2 Å². The van der Waals surface area contributed by atoms with Crippen LogP contribution in [0, 0.1) is 11.7 Å². The fraction of sp³-hybridized carbons (Fsp3) is 0.389. The normalized spacial score (nSPS) is 23.0. The Morgan fingerprint density at radius 3 is 2.88 bits per heavy atom. The van der Waals surface area contributed by atoms with E-state index in [1.54, 1.807) is 6.20 Å². The van der Waals surface area contributed by atoms with E-state index in [4.69, 9.17) is 11.6 Å². The van der Waals surface area contributed by atoms with Crippen LogP contribution in [-0.4, -0.2) is 39.9 Å². The van der Waals surface area contributed by atoms with E-state index in [2.05, 4.69) is 9.97 Å². The minimum Gasteiger partial charge on any atom is -0.351 e. The molecular formula is C18H18ClFN4O. The summed E-state index contributed by atoms with van der Waals surface area (Å²) in [4.78, 5) is 25.1. The highest BCUT2D eigenvalue weighted by Crippen LogP contribution is 2.33. The third-order valence-corrected chi connectivity index (χ3v) is 5.15. The molecule has 5 heterocycles. The van der Waals surface area contributed by atoms with Gasteiger partial charge in [-0.2, -0.15) is 0 Å². The number of piperidine rings is 1. The molecule has 0 aliphatic carbocycles. The summed E-state index contributed by atoms with van der Waals surface area (Å²) in [7, 11) is 0. The van der Waals surface area contributed by atoms with Gasteiger partial charge in [0.15, 0.2) is 11.6 Å². The van der Waals surface area contributed by atoms with Crippen LogP contribution in [-0.2, 0) is 11.3 Å². The van der Waals surface area contributed by atoms with Gasteiger partial charge in [0.2, 0.25) is 5.91 Å². The molecule has 2 bridgehead atoms. The molecule has 25 heavy (non-hydrogen) atoms. The van der Waals surface area contributed by atoms with E-state index in [1.807, 2.05) is 28.0 Å². The van der Waals surface area contributed by atoms with Crippen LogP contribution in [0.3, 0.4) is 0 Å². The summed E-state index contributed by atoms with van der Waals surface area (Å²) in [6.45, 7) is 1.55. The van der Waals surface area contributed by atoms with E-state index in [0.29, 0.717) is 19.6 Å². The van der Waals surface area contributed by atoms with Gasteiger partial charge in [0.1, 0.15) is 0 Å². The third kappa shape index (κ3) is 3.18. The molecule has 2 atom stereocenters. The van der Waals surface area contributed by atoms with Crippen molar-refractivity contribution >= 4 is 23.3 Å². The molecule has 3 saturated heterocycles. The van der Waals surface area contributed by atoms with Crippen LogP contribution < -0.4 is 4.90 Å². The van der Waals surface area contributed by atoms with Crippen LogP contribution in [0.4, 0.5) is 10.2 Å². The molecule has 1 amide bonds. The first-order valence-electron chi connectivity index (χ1n) is 8.38. The van der Waals surface area contributed by atoms with E-state index in [-0.39, 0.29) is 28.7 Å².